The molecule has 0 aliphatic carbocycles. The van der Waals surface area contributed by atoms with Crippen molar-refractivity contribution >= 4 is 20.2 Å². The molecule has 1 rings (SSSR count). The van der Waals surface area contributed by atoms with Crippen LogP contribution in [0.3, 0.4) is 0 Å². The van der Waals surface area contributed by atoms with E-state index in [9.17, 15) is 25.9 Å². The summed E-state index contributed by atoms with van der Waals surface area (Å²) in [7, 11) is -8.63. The molecule has 8 nitrogen and oxygen atoms in total. The van der Waals surface area contributed by atoms with Gasteiger partial charge in [-0.2, -0.15) is 0 Å². The quantitative estimate of drug-likeness (QED) is 0.326. The van der Waals surface area contributed by atoms with Gasteiger partial charge in [-0.15, -0.1) is 0 Å². The zero-order valence-corrected chi connectivity index (χ0v) is 17.9. The SMILES string of the molecule is O=S(=O)([O-])CCOc1ccc(OCCS(=O)(=O)[O-])cc1.[Na+].[Na+]. The minimum atomic E-state index is -4.31. The average Bonchev–Trinajstić information content (AvgIpc) is 2.28. The van der Waals surface area contributed by atoms with Gasteiger partial charge < -0.3 is 18.6 Å². The first-order valence-corrected chi connectivity index (χ1v) is 8.54. The van der Waals surface area contributed by atoms with Crippen LogP contribution in [-0.2, 0) is 20.2 Å². The van der Waals surface area contributed by atoms with Gasteiger partial charge in [0.15, 0.2) is 0 Å². The van der Waals surface area contributed by atoms with Crippen molar-refractivity contribution in [2.75, 3.05) is 24.7 Å². The standard InChI is InChI=1S/C10H14O8S2.2Na/c11-19(12,13)7-5-17-9-1-2-10(4-3-9)18-6-8-20(14,15)16;;/h1-4H,5-8H2,(H,11,12,13)(H,14,15,16);;/q;2*+1/p-2. The van der Waals surface area contributed by atoms with E-state index in [1.165, 1.54) is 24.3 Å². The molecule has 0 fully saturated rings. The van der Waals surface area contributed by atoms with Crippen LogP contribution in [0.1, 0.15) is 0 Å². The van der Waals surface area contributed by atoms with E-state index in [2.05, 4.69) is 0 Å². The van der Waals surface area contributed by atoms with Gasteiger partial charge in [-0.1, -0.05) is 0 Å². The molecule has 0 saturated heterocycles. The van der Waals surface area contributed by atoms with Crippen LogP contribution in [0.5, 0.6) is 11.5 Å². The molecule has 0 heterocycles. The van der Waals surface area contributed by atoms with E-state index in [1.54, 1.807) is 0 Å². The van der Waals surface area contributed by atoms with E-state index in [-0.39, 0.29) is 72.3 Å². The van der Waals surface area contributed by atoms with E-state index in [0.717, 1.165) is 0 Å². The zero-order chi connectivity index (χ0) is 15.2. The molecule has 0 aliphatic rings. The monoisotopic (exact) mass is 370 g/mol. The summed E-state index contributed by atoms with van der Waals surface area (Å²) in [5.74, 6) is -0.603. The number of hydrogen-bond donors (Lipinski definition) is 0. The summed E-state index contributed by atoms with van der Waals surface area (Å²) in [5, 5.41) is 0. The van der Waals surface area contributed by atoms with Gasteiger partial charge in [-0.3, -0.25) is 0 Å². The second kappa shape index (κ2) is 11.2. The molecule has 0 bridgehead atoms. The van der Waals surface area contributed by atoms with E-state index in [4.69, 9.17) is 9.47 Å². The molecule has 0 saturated carbocycles. The summed E-state index contributed by atoms with van der Waals surface area (Å²) in [6.45, 7) is -0.527. The Hall–Kier alpha value is 0.640. The van der Waals surface area contributed by atoms with Gasteiger partial charge >= 0.3 is 59.1 Å². The first-order valence-electron chi connectivity index (χ1n) is 5.38. The average molecular weight is 370 g/mol. The van der Waals surface area contributed by atoms with Crippen LogP contribution in [0.25, 0.3) is 0 Å². The summed E-state index contributed by atoms with van der Waals surface area (Å²) >= 11 is 0. The third kappa shape index (κ3) is 13.1. The Morgan fingerprint density at radius 1 is 0.727 bits per heavy atom. The van der Waals surface area contributed by atoms with Crippen molar-refractivity contribution in [3.05, 3.63) is 24.3 Å². The topological polar surface area (TPSA) is 133 Å². The van der Waals surface area contributed by atoms with Crippen LogP contribution in [0.15, 0.2) is 24.3 Å². The van der Waals surface area contributed by atoms with E-state index >= 15 is 0 Å². The second-order valence-electron chi connectivity index (χ2n) is 3.69. The van der Waals surface area contributed by atoms with Crippen molar-refractivity contribution in [2.24, 2.45) is 0 Å². The van der Waals surface area contributed by atoms with Crippen LogP contribution in [0.2, 0.25) is 0 Å². The third-order valence-electron chi connectivity index (χ3n) is 2.03. The first kappa shape index (κ1) is 24.9. The largest absolute Gasteiger partial charge is 1.00 e. The van der Waals surface area contributed by atoms with Gasteiger partial charge in [-0.05, 0) is 24.3 Å². The Bertz CT molecular complexity index is 570. The Morgan fingerprint density at radius 3 is 1.23 bits per heavy atom. The van der Waals surface area contributed by atoms with Gasteiger partial charge in [0, 0.05) is 0 Å². The molecule has 0 spiro atoms. The zero-order valence-electron chi connectivity index (χ0n) is 12.2. The Labute approximate surface area is 173 Å². The van der Waals surface area contributed by atoms with E-state index in [0.29, 0.717) is 11.5 Å². The van der Waals surface area contributed by atoms with Crippen molar-refractivity contribution in [2.45, 2.75) is 0 Å². The first-order chi connectivity index (χ1) is 9.16. The molecule has 0 radical (unpaired) electrons. The predicted molar refractivity (Wildman–Crippen MR) is 66.6 cm³/mol. The molecule has 0 N–H and O–H groups in total. The molecule has 0 atom stereocenters. The molecule has 114 valence electrons. The molecule has 22 heavy (non-hydrogen) atoms. The maximum absolute atomic E-state index is 10.3. The fraction of sp³-hybridized carbons (Fsp3) is 0.400. The van der Waals surface area contributed by atoms with Gasteiger partial charge in [0.1, 0.15) is 24.7 Å². The third-order valence-corrected chi connectivity index (χ3v) is 3.36. The molecule has 0 aromatic heterocycles. The molecule has 0 aliphatic heterocycles. The Balaban J connectivity index is 0. The number of hydrogen-bond acceptors (Lipinski definition) is 8. The van der Waals surface area contributed by atoms with E-state index in [1.807, 2.05) is 0 Å². The van der Waals surface area contributed by atoms with Gasteiger partial charge in [0.05, 0.1) is 31.7 Å². The summed E-state index contributed by atoms with van der Waals surface area (Å²) in [6, 6.07) is 5.83. The summed E-state index contributed by atoms with van der Waals surface area (Å²) in [4.78, 5) is 0. The van der Waals surface area contributed by atoms with Gasteiger partial charge in [0.2, 0.25) is 0 Å². The predicted octanol–water partition coefficient (Wildman–Crippen LogP) is -6.46. The molecule has 1 aromatic rings. The van der Waals surface area contributed by atoms with Crippen LogP contribution >= 0.6 is 0 Å². The Kier molecular flexibility index (Phi) is 12.7. The molecule has 0 unspecified atom stereocenters. The van der Waals surface area contributed by atoms with Crippen LogP contribution < -0.4 is 68.6 Å². The van der Waals surface area contributed by atoms with Crippen LogP contribution in [-0.4, -0.2) is 50.7 Å². The second-order valence-corrected chi connectivity index (χ2v) is 6.74. The Morgan fingerprint density at radius 2 is 1.00 bits per heavy atom. The van der Waals surface area contributed by atoms with Crippen molar-refractivity contribution in [3.63, 3.8) is 0 Å². The number of ether oxygens (including phenoxy) is 2. The van der Waals surface area contributed by atoms with Crippen molar-refractivity contribution in [3.8, 4) is 11.5 Å². The number of rotatable bonds is 8. The van der Waals surface area contributed by atoms with Crippen LogP contribution in [0.4, 0.5) is 0 Å². The molecule has 1 aromatic carbocycles. The van der Waals surface area contributed by atoms with Crippen molar-refractivity contribution in [1.29, 1.82) is 0 Å². The molecular formula is C10H12Na2O8S2. The van der Waals surface area contributed by atoms with Crippen molar-refractivity contribution < 1.29 is 94.5 Å². The molecule has 0 amide bonds. The maximum atomic E-state index is 10.3. The minimum Gasteiger partial charge on any atom is -0.748 e. The normalized spacial score (nSPS) is 11.0. The van der Waals surface area contributed by atoms with Crippen LogP contribution in [0, 0.1) is 0 Å². The summed E-state index contributed by atoms with van der Waals surface area (Å²) in [5.41, 5.74) is 0. The fourth-order valence-electron chi connectivity index (χ4n) is 1.16. The maximum Gasteiger partial charge on any atom is 1.00 e. The van der Waals surface area contributed by atoms with Gasteiger partial charge in [-0.25, -0.2) is 16.8 Å². The fourth-order valence-corrected chi connectivity index (χ4v) is 1.73. The summed E-state index contributed by atoms with van der Waals surface area (Å²) in [6.07, 6.45) is 0. The van der Waals surface area contributed by atoms with Crippen molar-refractivity contribution in [1.82, 2.24) is 0 Å². The van der Waals surface area contributed by atoms with E-state index < -0.39 is 31.7 Å². The van der Waals surface area contributed by atoms with Gasteiger partial charge in [0.25, 0.3) is 0 Å². The molecular weight excluding hydrogens is 358 g/mol. The number of benzene rings is 1. The smallest absolute Gasteiger partial charge is 0.748 e. The minimum absolute atomic E-state index is 0. The summed E-state index contributed by atoms with van der Waals surface area (Å²) < 4.78 is 72.1. The molecule has 12 heteroatoms.